The summed E-state index contributed by atoms with van der Waals surface area (Å²) in [6.45, 7) is 0. The second-order valence-corrected chi connectivity index (χ2v) is 10.6. The number of hydrogen-bond acceptors (Lipinski definition) is 2. The van der Waals surface area contributed by atoms with Gasteiger partial charge in [-0.2, -0.15) is 0 Å². The van der Waals surface area contributed by atoms with Crippen molar-refractivity contribution in [2.24, 2.45) is 0 Å². The molecule has 0 aliphatic heterocycles. The Kier molecular flexibility index (Phi) is 5.82. The Labute approximate surface area is 244 Å². The van der Waals surface area contributed by atoms with Crippen LogP contribution >= 0.6 is 0 Å². The zero-order valence-electron chi connectivity index (χ0n) is 22.9. The van der Waals surface area contributed by atoms with Crippen molar-refractivity contribution in [3.63, 3.8) is 0 Å². The van der Waals surface area contributed by atoms with E-state index in [2.05, 4.69) is 169 Å². The van der Waals surface area contributed by atoms with E-state index in [0.29, 0.717) is 0 Å². The van der Waals surface area contributed by atoms with E-state index in [4.69, 9.17) is 4.42 Å². The van der Waals surface area contributed by atoms with Crippen LogP contribution in [0.25, 0.3) is 55.0 Å². The number of benzene rings is 7. The molecular weight excluding hydrogens is 510 g/mol. The van der Waals surface area contributed by atoms with E-state index in [1.54, 1.807) is 0 Å². The number of furan rings is 1. The van der Waals surface area contributed by atoms with E-state index in [0.717, 1.165) is 44.6 Å². The van der Waals surface area contributed by atoms with E-state index < -0.39 is 0 Å². The molecular formula is C40H27NO. The monoisotopic (exact) mass is 537 g/mol. The van der Waals surface area contributed by atoms with Crippen LogP contribution in [0, 0.1) is 0 Å². The maximum absolute atomic E-state index is 6.31. The number of nitrogens with zero attached hydrogens (tertiary/aromatic N) is 1. The first-order valence-electron chi connectivity index (χ1n) is 14.3. The van der Waals surface area contributed by atoms with Gasteiger partial charge in [0.25, 0.3) is 0 Å². The second-order valence-electron chi connectivity index (χ2n) is 10.6. The standard InChI is InChI=1S/C40H27NO/c1-4-12-28(13-5-1)36-27-34(41(32-16-6-2-7-17-32)33-18-8-3-9-19-33)21-22-35(36)31-20-23-39-37(25-31)38-24-29-14-10-11-15-30(29)26-40(38)42-39/h1-27H. The molecule has 0 aliphatic carbocycles. The fourth-order valence-electron chi connectivity index (χ4n) is 6.01. The van der Waals surface area contributed by atoms with E-state index in [-0.39, 0.29) is 0 Å². The third-order valence-corrected chi connectivity index (χ3v) is 8.02. The van der Waals surface area contributed by atoms with Crippen LogP contribution < -0.4 is 4.90 Å². The normalized spacial score (nSPS) is 11.3. The van der Waals surface area contributed by atoms with E-state index in [1.807, 2.05) is 0 Å². The minimum atomic E-state index is 0.904. The van der Waals surface area contributed by atoms with Crippen LogP contribution in [0.2, 0.25) is 0 Å². The summed E-state index contributed by atoms with van der Waals surface area (Å²) in [5.41, 5.74) is 9.88. The first-order chi connectivity index (χ1) is 20.8. The van der Waals surface area contributed by atoms with Gasteiger partial charge in [0.2, 0.25) is 0 Å². The van der Waals surface area contributed by atoms with E-state index in [1.165, 1.54) is 27.5 Å². The van der Waals surface area contributed by atoms with Gasteiger partial charge in [0.1, 0.15) is 11.2 Å². The first kappa shape index (κ1) is 24.2. The number of fused-ring (bicyclic) bond motifs is 4. The minimum Gasteiger partial charge on any atom is -0.456 e. The van der Waals surface area contributed by atoms with Gasteiger partial charge in [-0.05, 0) is 93.7 Å². The molecule has 8 aromatic rings. The molecule has 7 aromatic carbocycles. The molecule has 0 unspecified atom stereocenters. The Morgan fingerprint density at radius 1 is 0.357 bits per heavy atom. The Bertz CT molecular complexity index is 2140. The number of rotatable bonds is 5. The van der Waals surface area contributed by atoms with Gasteiger partial charge in [0, 0.05) is 27.8 Å². The van der Waals surface area contributed by atoms with Gasteiger partial charge in [0.05, 0.1) is 0 Å². The summed E-state index contributed by atoms with van der Waals surface area (Å²) < 4.78 is 6.31. The molecule has 0 saturated heterocycles. The highest BCUT2D eigenvalue weighted by molar-refractivity contribution is 6.11. The van der Waals surface area contributed by atoms with E-state index >= 15 is 0 Å². The molecule has 0 radical (unpaired) electrons. The average Bonchev–Trinajstić information content (AvgIpc) is 3.42. The van der Waals surface area contributed by atoms with Crippen molar-refractivity contribution >= 4 is 49.8 Å². The van der Waals surface area contributed by atoms with Crippen LogP contribution in [-0.2, 0) is 0 Å². The second kappa shape index (κ2) is 10.1. The van der Waals surface area contributed by atoms with Gasteiger partial charge in [-0.3, -0.25) is 0 Å². The molecule has 0 spiro atoms. The molecule has 0 amide bonds. The average molecular weight is 538 g/mol. The van der Waals surface area contributed by atoms with Crippen molar-refractivity contribution in [3.05, 3.63) is 164 Å². The largest absolute Gasteiger partial charge is 0.456 e. The minimum absolute atomic E-state index is 0.904. The summed E-state index contributed by atoms with van der Waals surface area (Å²) in [7, 11) is 0. The van der Waals surface area contributed by atoms with Crippen molar-refractivity contribution in [1.29, 1.82) is 0 Å². The summed E-state index contributed by atoms with van der Waals surface area (Å²) in [4.78, 5) is 2.31. The molecule has 0 aliphatic rings. The lowest BCUT2D eigenvalue weighted by Gasteiger charge is -2.26. The molecule has 42 heavy (non-hydrogen) atoms. The molecule has 1 heterocycles. The number of para-hydroxylation sites is 2. The lowest BCUT2D eigenvalue weighted by atomic mass is 9.92. The zero-order valence-corrected chi connectivity index (χ0v) is 22.9. The van der Waals surface area contributed by atoms with Crippen molar-refractivity contribution in [2.45, 2.75) is 0 Å². The highest BCUT2D eigenvalue weighted by atomic mass is 16.3. The predicted molar refractivity (Wildman–Crippen MR) is 177 cm³/mol. The summed E-state index contributed by atoms with van der Waals surface area (Å²) in [6.07, 6.45) is 0. The molecule has 2 heteroatoms. The van der Waals surface area contributed by atoms with Gasteiger partial charge in [-0.15, -0.1) is 0 Å². The number of hydrogen-bond donors (Lipinski definition) is 0. The number of anilines is 3. The Morgan fingerprint density at radius 3 is 1.64 bits per heavy atom. The van der Waals surface area contributed by atoms with Gasteiger partial charge in [0.15, 0.2) is 0 Å². The van der Waals surface area contributed by atoms with Crippen LogP contribution in [0.4, 0.5) is 17.1 Å². The van der Waals surface area contributed by atoms with Crippen LogP contribution in [0.3, 0.4) is 0 Å². The van der Waals surface area contributed by atoms with Crippen molar-refractivity contribution < 1.29 is 4.42 Å². The summed E-state index contributed by atoms with van der Waals surface area (Å²) in [5, 5.41) is 4.68. The molecule has 8 rings (SSSR count). The predicted octanol–water partition coefficient (Wildman–Crippen LogP) is 11.5. The first-order valence-corrected chi connectivity index (χ1v) is 14.3. The molecule has 1 aromatic heterocycles. The summed E-state index contributed by atoms with van der Waals surface area (Å²) in [6, 6.07) is 58.0. The van der Waals surface area contributed by atoms with Crippen molar-refractivity contribution in [3.8, 4) is 22.3 Å². The van der Waals surface area contributed by atoms with Crippen molar-refractivity contribution in [1.82, 2.24) is 0 Å². The van der Waals surface area contributed by atoms with Gasteiger partial charge in [-0.25, -0.2) is 0 Å². The fraction of sp³-hybridized carbons (Fsp3) is 0. The molecule has 198 valence electrons. The molecule has 0 saturated carbocycles. The molecule has 0 bridgehead atoms. The highest BCUT2D eigenvalue weighted by Gasteiger charge is 2.17. The van der Waals surface area contributed by atoms with Crippen LogP contribution in [0.1, 0.15) is 0 Å². The molecule has 0 atom stereocenters. The highest BCUT2D eigenvalue weighted by Crippen LogP contribution is 2.42. The SMILES string of the molecule is c1ccc(-c2cc(N(c3ccccc3)c3ccccc3)ccc2-c2ccc3oc4cc5ccccc5cc4c3c2)cc1. The van der Waals surface area contributed by atoms with Crippen molar-refractivity contribution in [2.75, 3.05) is 4.90 Å². The molecule has 0 N–H and O–H groups in total. The Balaban J connectivity index is 1.33. The van der Waals surface area contributed by atoms with E-state index in [9.17, 15) is 0 Å². The third kappa shape index (κ3) is 4.22. The topological polar surface area (TPSA) is 16.4 Å². The summed E-state index contributed by atoms with van der Waals surface area (Å²) in [5.74, 6) is 0. The van der Waals surface area contributed by atoms with Crippen LogP contribution in [-0.4, -0.2) is 0 Å². The van der Waals surface area contributed by atoms with Crippen LogP contribution in [0.15, 0.2) is 168 Å². The van der Waals surface area contributed by atoms with Gasteiger partial charge >= 0.3 is 0 Å². The third-order valence-electron chi connectivity index (χ3n) is 8.02. The smallest absolute Gasteiger partial charge is 0.136 e. The quantitative estimate of drug-likeness (QED) is 0.217. The molecule has 2 nitrogen and oxygen atoms in total. The maximum Gasteiger partial charge on any atom is 0.136 e. The van der Waals surface area contributed by atoms with Gasteiger partial charge in [-0.1, -0.05) is 103 Å². The fourth-order valence-corrected chi connectivity index (χ4v) is 6.01. The zero-order chi connectivity index (χ0) is 27.9. The molecule has 0 fully saturated rings. The summed E-state index contributed by atoms with van der Waals surface area (Å²) >= 11 is 0. The maximum atomic E-state index is 6.31. The van der Waals surface area contributed by atoms with Gasteiger partial charge < -0.3 is 9.32 Å². The van der Waals surface area contributed by atoms with Crippen LogP contribution in [0.5, 0.6) is 0 Å². The lowest BCUT2D eigenvalue weighted by molar-refractivity contribution is 0.669. The lowest BCUT2D eigenvalue weighted by Crippen LogP contribution is -2.10. The Hall–Kier alpha value is -5.60. The Morgan fingerprint density at radius 2 is 0.952 bits per heavy atom.